The highest BCUT2D eigenvalue weighted by atomic mass is 16.4. The lowest BCUT2D eigenvalue weighted by atomic mass is 10.1. The van der Waals surface area contributed by atoms with Crippen LogP contribution >= 0.6 is 0 Å². The number of carboxylic acid groups (broad SMARTS) is 1. The number of amides is 2. The molecule has 2 aromatic carbocycles. The number of carbonyl (C=O) groups is 3. The quantitative estimate of drug-likeness (QED) is 0.866. The summed E-state index contributed by atoms with van der Waals surface area (Å²) in [5.41, 5.74) is 3.98. The number of nitrogens with zero attached hydrogens (tertiary/aromatic N) is 1. The number of rotatable bonds is 5. The molecule has 0 spiro atoms. The lowest BCUT2D eigenvalue weighted by molar-refractivity contribution is -0.137. The zero-order valence-corrected chi connectivity index (χ0v) is 14.5. The Balaban J connectivity index is 1.67. The highest BCUT2D eigenvalue weighted by Gasteiger charge is 2.23. The minimum atomic E-state index is -0.831. The smallest absolute Gasteiger partial charge is 0.303 e. The number of benzene rings is 2. The molecule has 0 aliphatic carbocycles. The van der Waals surface area contributed by atoms with Gasteiger partial charge in [-0.15, -0.1) is 0 Å². The normalized spacial score (nSPS) is 12.6. The molecule has 2 N–H and O–H groups in total. The van der Waals surface area contributed by atoms with Crippen LogP contribution in [0.3, 0.4) is 0 Å². The fraction of sp³-hybridized carbons (Fsp3) is 0.250. The molecule has 0 unspecified atom stereocenters. The summed E-state index contributed by atoms with van der Waals surface area (Å²) in [6, 6.07) is 12.5. The van der Waals surface area contributed by atoms with E-state index in [1.54, 1.807) is 23.1 Å². The third-order valence-corrected chi connectivity index (χ3v) is 4.46. The van der Waals surface area contributed by atoms with Gasteiger partial charge in [-0.2, -0.15) is 0 Å². The Bertz CT molecular complexity index is 859. The van der Waals surface area contributed by atoms with Crippen LogP contribution in [0, 0.1) is 0 Å². The van der Waals surface area contributed by atoms with Crippen LogP contribution in [0.25, 0.3) is 0 Å². The topological polar surface area (TPSA) is 86.7 Å². The van der Waals surface area contributed by atoms with E-state index >= 15 is 0 Å². The lowest BCUT2D eigenvalue weighted by Crippen LogP contribution is -2.25. The van der Waals surface area contributed by atoms with Gasteiger partial charge in [-0.25, -0.2) is 0 Å². The summed E-state index contributed by atoms with van der Waals surface area (Å²) in [4.78, 5) is 36.4. The molecular weight excluding hydrogens is 332 g/mol. The van der Waals surface area contributed by atoms with Crippen LogP contribution in [0.2, 0.25) is 0 Å². The summed E-state index contributed by atoms with van der Waals surface area (Å²) in [5.74, 6) is -1.04. The third-order valence-electron chi connectivity index (χ3n) is 4.46. The van der Waals surface area contributed by atoms with E-state index in [0.29, 0.717) is 24.2 Å². The van der Waals surface area contributed by atoms with Gasteiger partial charge in [0, 0.05) is 36.8 Å². The maximum absolute atomic E-state index is 12.5. The van der Waals surface area contributed by atoms with Gasteiger partial charge < -0.3 is 15.3 Å². The number of carbonyl (C=O) groups excluding carboxylic acids is 2. The van der Waals surface area contributed by atoms with Crippen LogP contribution in [0.5, 0.6) is 0 Å². The van der Waals surface area contributed by atoms with Gasteiger partial charge in [-0.05, 0) is 54.3 Å². The predicted molar refractivity (Wildman–Crippen MR) is 98.5 cm³/mol. The second-order valence-electron chi connectivity index (χ2n) is 6.31. The number of hydrogen-bond donors (Lipinski definition) is 2. The fourth-order valence-electron chi connectivity index (χ4n) is 3.08. The van der Waals surface area contributed by atoms with E-state index in [9.17, 15) is 14.4 Å². The first-order valence-electron chi connectivity index (χ1n) is 8.47. The van der Waals surface area contributed by atoms with Crippen molar-refractivity contribution >= 4 is 29.2 Å². The molecule has 2 aromatic rings. The Hall–Kier alpha value is -3.15. The second-order valence-corrected chi connectivity index (χ2v) is 6.31. The van der Waals surface area contributed by atoms with E-state index < -0.39 is 5.97 Å². The van der Waals surface area contributed by atoms with E-state index in [0.717, 1.165) is 23.2 Å². The van der Waals surface area contributed by atoms with Crippen molar-refractivity contribution in [1.82, 2.24) is 0 Å². The van der Waals surface area contributed by atoms with Gasteiger partial charge in [0.1, 0.15) is 0 Å². The van der Waals surface area contributed by atoms with Gasteiger partial charge in [-0.3, -0.25) is 14.4 Å². The first-order valence-corrected chi connectivity index (χ1v) is 8.47. The molecule has 6 nitrogen and oxygen atoms in total. The number of nitrogens with one attached hydrogen (secondary N) is 1. The molecule has 2 amide bonds. The number of anilines is 2. The molecule has 1 heterocycles. The van der Waals surface area contributed by atoms with E-state index in [2.05, 4.69) is 5.32 Å². The number of aryl methyl sites for hydroxylation is 1. The highest BCUT2D eigenvalue weighted by Crippen LogP contribution is 2.29. The molecular formula is C20H20N2O4. The summed E-state index contributed by atoms with van der Waals surface area (Å²) in [7, 11) is 0. The second kappa shape index (κ2) is 7.39. The first-order chi connectivity index (χ1) is 12.4. The van der Waals surface area contributed by atoms with Crippen molar-refractivity contribution in [2.45, 2.75) is 26.2 Å². The minimum absolute atomic E-state index is 0.00365. The van der Waals surface area contributed by atoms with Crippen LogP contribution in [0.15, 0.2) is 42.5 Å². The Morgan fingerprint density at radius 1 is 1.12 bits per heavy atom. The van der Waals surface area contributed by atoms with Gasteiger partial charge in [0.2, 0.25) is 5.91 Å². The van der Waals surface area contributed by atoms with E-state index in [4.69, 9.17) is 5.11 Å². The number of fused-ring (bicyclic) bond motifs is 1. The highest BCUT2D eigenvalue weighted by molar-refractivity contribution is 6.05. The van der Waals surface area contributed by atoms with Crippen molar-refractivity contribution in [2.24, 2.45) is 0 Å². The van der Waals surface area contributed by atoms with Crippen molar-refractivity contribution in [1.29, 1.82) is 0 Å². The Morgan fingerprint density at radius 2 is 1.85 bits per heavy atom. The van der Waals surface area contributed by atoms with Crippen LogP contribution < -0.4 is 10.2 Å². The first kappa shape index (κ1) is 17.7. The summed E-state index contributed by atoms with van der Waals surface area (Å²) < 4.78 is 0. The third kappa shape index (κ3) is 3.91. The summed E-state index contributed by atoms with van der Waals surface area (Å²) in [6.45, 7) is 2.18. The van der Waals surface area contributed by atoms with Crippen LogP contribution in [-0.4, -0.2) is 29.4 Å². The van der Waals surface area contributed by atoms with Gasteiger partial charge >= 0.3 is 5.97 Å². The maximum atomic E-state index is 12.5. The molecule has 0 bridgehead atoms. The van der Waals surface area contributed by atoms with Gasteiger partial charge in [0.05, 0.1) is 0 Å². The van der Waals surface area contributed by atoms with E-state index in [1.807, 2.05) is 24.3 Å². The molecule has 1 aliphatic rings. The van der Waals surface area contributed by atoms with Crippen LogP contribution in [0.4, 0.5) is 11.4 Å². The number of aliphatic carboxylic acids is 1. The van der Waals surface area contributed by atoms with Crippen molar-refractivity contribution in [3.05, 3.63) is 59.2 Å². The van der Waals surface area contributed by atoms with Crippen LogP contribution in [-0.2, 0) is 22.4 Å². The summed E-state index contributed by atoms with van der Waals surface area (Å²) >= 11 is 0. The predicted octanol–water partition coefficient (Wildman–Crippen LogP) is 2.87. The standard InChI is InChI=1S/C20H20N2O4/c1-13(23)22-11-10-15-12-16(5-8-18(15)22)20(26)21-17-6-2-14(3-7-17)4-9-19(24)25/h2-3,5-8,12H,4,9-11H2,1H3,(H,21,26)(H,24,25). The molecule has 0 saturated carbocycles. The zero-order chi connectivity index (χ0) is 18.7. The lowest BCUT2D eigenvalue weighted by Gasteiger charge is -2.14. The molecule has 0 saturated heterocycles. The van der Waals surface area contributed by atoms with Crippen molar-refractivity contribution in [3.63, 3.8) is 0 Å². The number of carboxylic acids is 1. The molecule has 3 rings (SSSR count). The molecule has 134 valence electrons. The Labute approximate surface area is 151 Å². The summed E-state index contributed by atoms with van der Waals surface area (Å²) in [6.07, 6.45) is 1.29. The van der Waals surface area contributed by atoms with Gasteiger partial charge in [-0.1, -0.05) is 12.1 Å². The molecule has 0 radical (unpaired) electrons. The zero-order valence-electron chi connectivity index (χ0n) is 14.5. The largest absolute Gasteiger partial charge is 0.481 e. The fourth-order valence-corrected chi connectivity index (χ4v) is 3.08. The van der Waals surface area contributed by atoms with Gasteiger partial charge in [0.25, 0.3) is 5.91 Å². The SMILES string of the molecule is CC(=O)N1CCc2cc(C(=O)Nc3ccc(CCC(=O)O)cc3)ccc21. The molecule has 1 aliphatic heterocycles. The average molecular weight is 352 g/mol. The molecule has 0 atom stereocenters. The molecule has 0 aromatic heterocycles. The van der Waals surface area contributed by atoms with Crippen molar-refractivity contribution < 1.29 is 19.5 Å². The van der Waals surface area contributed by atoms with E-state index in [1.165, 1.54) is 6.92 Å². The summed E-state index contributed by atoms with van der Waals surface area (Å²) in [5, 5.41) is 11.5. The maximum Gasteiger partial charge on any atom is 0.303 e. The Morgan fingerprint density at radius 3 is 2.50 bits per heavy atom. The molecule has 6 heteroatoms. The molecule has 26 heavy (non-hydrogen) atoms. The number of hydrogen-bond acceptors (Lipinski definition) is 3. The van der Waals surface area contributed by atoms with Gasteiger partial charge in [0.15, 0.2) is 0 Å². The van der Waals surface area contributed by atoms with E-state index in [-0.39, 0.29) is 18.2 Å². The average Bonchev–Trinajstić information content (AvgIpc) is 3.04. The minimum Gasteiger partial charge on any atom is -0.481 e. The Kier molecular flexibility index (Phi) is 5.02. The van der Waals surface area contributed by atoms with Crippen molar-refractivity contribution in [3.8, 4) is 0 Å². The monoisotopic (exact) mass is 352 g/mol. The van der Waals surface area contributed by atoms with Crippen molar-refractivity contribution in [2.75, 3.05) is 16.8 Å². The molecule has 0 fully saturated rings. The van der Waals surface area contributed by atoms with Crippen LogP contribution in [0.1, 0.15) is 34.8 Å².